The van der Waals surface area contributed by atoms with Gasteiger partial charge in [-0.3, -0.25) is 4.79 Å². The van der Waals surface area contributed by atoms with E-state index in [0.29, 0.717) is 13.0 Å². The van der Waals surface area contributed by atoms with E-state index in [1.165, 1.54) is 6.08 Å². The number of carboxylic acids is 1. The molecule has 1 amide bonds. The molecule has 0 saturated carbocycles. The zero-order valence-corrected chi connectivity index (χ0v) is 7.77. The molecule has 0 aliphatic carbocycles. The number of aliphatic carboxylic acids is 1. The van der Waals surface area contributed by atoms with Gasteiger partial charge in [0.25, 0.3) is 0 Å². The van der Waals surface area contributed by atoms with Gasteiger partial charge in [0.05, 0.1) is 0 Å². The van der Waals surface area contributed by atoms with Gasteiger partial charge >= 0.3 is 5.97 Å². The molecular weight excluding hydrogens is 184 g/mol. The molecule has 0 aromatic heterocycles. The van der Waals surface area contributed by atoms with E-state index >= 15 is 0 Å². The smallest absolute Gasteiger partial charge is 0.328 e. The largest absolute Gasteiger partial charge is 0.478 e. The monoisotopic (exact) mass is 198 g/mol. The van der Waals surface area contributed by atoms with Crippen LogP contribution in [0.5, 0.6) is 0 Å². The van der Waals surface area contributed by atoms with Gasteiger partial charge in [0.15, 0.2) is 0 Å². The fourth-order valence-electron chi connectivity index (χ4n) is 1.48. The molecule has 1 heterocycles. The molecule has 0 bridgehead atoms. The molecule has 14 heavy (non-hydrogen) atoms. The number of hydrogen-bond acceptors (Lipinski definition) is 3. The van der Waals surface area contributed by atoms with Crippen molar-refractivity contribution in [2.75, 3.05) is 6.54 Å². The summed E-state index contributed by atoms with van der Waals surface area (Å²) < 4.78 is 0. The lowest BCUT2D eigenvalue weighted by Gasteiger charge is -2.09. The maximum absolute atomic E-state index is 11.1. The van der Waals surface area contributed by atoms with E-state index in [2.05, 4.69) is 5.32 Å². The average molecular weight is 198 g/mol. The van der Waals surface area contributed by atoms with Crippen molar-refractivity contribution < 1.29 is 14.7 Å². The molecule has 1 fully saturated rings. The van der Waals surface area contributed by atoms with Crippen LogP contribution in [0.25, 0.3) is 0 Å². The minimum absolute atomic E-state index is 0.0178. The van der Waals surface area contributed by atoms with Crippen LogP contribution in [0.1, 0.15) is 12.8 Å². The molecule has 1 rings (SSSR count). The van der Waals surface area contributed by atoms with Crippen molar-refractivity contribution in [3.8, 4) is 0 Å². The van der Waals surface area contributed by atoms with E-state index in [1.54, 1.807) is 0 Å². The topological polar surface area (TPSA) is 92.4 Å². The Bertz CT molecular complexity index is 263. The van der Waals surface area contributed by atoms with Gasteiger partial charge in [0, 0.05) is 24.6 Å². The van der Waals surface area contributed by atoms with Crippen molar-refractivity contribution in [3.05, 3.63) is 12.2 Å². The quantitative estimate of drug-likeness (QED) is 0.530. The molecule has 0 radical (unpaired) electrons. The highest BCUT2D eigenvalue weighted by atomic mass is 16.4. The lowest BCUT2D eigenvalue weighted by molar-refractivity contribution is -0.131. The molecule has 4 N–H and O–H groups in total. The van der Waals surface area contributed by atoms with Crippen LogP contribution in [0.2, 0.25) is 0 Å². The van der Waals surface area contributed by atoms with Crippen LogP contribution in [-0.2, 0) is 9.59 Å². The zero-order chi connectivity index (χ0) is 10.6. The first-order valence-electron chi connectivity index (χ1n) is 4.54. The van der Waals surface area contributed by atoms with Crippen molar-refractivity contribution in [3.63, 3.8) is 0 Å². The Hall–Kier alpha value is -1.36. The van der Waals surface area contributed by atoms with E-state index in [0.717, 1.165) is 12.5 Å². The first-order valence-corrected chi connectivity index (χ1v) is 4.54. The molecule has 2 atom stereocenters. The van der Waals surface area contributed by atoms with Gasteiger partial charge in [0.1, 0.15) is 0 Å². The summed E-state index contributed by atoms with van der Waals surface area (Å²) in [6.45, 7) is 0.693. The second-order valence-electron chi connectivity index (χ2n) is 3.37. The number of carbonyl (C=O) groups is 2. The zero-order valence-electron chi connectivity index (χ0n) is 7.77. The van der Waals surface area contributed by atoms with Gasteiger partial charge < -0.3 is 16.2 Å². The number of hydrogen-bond donors (Lipinski definition) is 3. The van der Waals surface area contributed by atoms with Crippen LogP contribution < -0.4 is 11.1 Å². The van der Waals surface area contributed by atoms with Gasteiger partial charge in [0.2, 0.25) is 5.91 Å². The molecular formula is C9H14N2O3. The molecule has 2 unspecified atom stereocenters. The number of nitrogens with two attached hydrogens (primary N) is 1. The van der Waals surface area contributed by atoms with Crippen LogP contribution in [-0.4, -0.2) is 29.6 Å². The van der Waals surface area contributed by atoms with Crippen LogP contribution >= 0.6 is 0 Å². The molecule has 0 aromatic rings. The number of carboxylic acid groups (broad SMARTS) is 1. The van der Waals surface area contributed by atoms with Gasteiger partial charge in [-0.25, -0.2) is 4.79 Å². The van der Waals surface area contributed by atoms with E-state index in [-0.39, 0.29) is 17.9 Å². The lowest BCUT2D eigenvalue weighted by Crippen LogP contribution is -2.26. The van der Waals surface area contributed by atoms with Crippen LogP contribution in [0, 0.1) is 5.92 Å². The van der Waals surface area contributed by atoms with Crippen LogP contribution in [0.4, 0.5) is 0 Å². The second kappa shape index (κ2) is 4.76. The number of amides is 1. The Balaban J connectivity index is 2.36. The standard InChI is InChI=1S/C9H14N2O3/c10-7(1-2-8(12)13)5-6-3-4-11-9(6)14/h1-2,6-7H,3-5,10H2,(H,11,14)(H,12,13)/b2-1+. The summed E-state index contributed by atoms with van der Waals surface area (Å²) in [6, 6.07) is -0.361. The Morgan fingerprint density at radius 1 is 1.79 bits per heavy atom. The summed E-state index contributed by atoms with van der Waals surface area (Å²) >= 11 is 0. The molecule has 78 valence electrons. The molecule has 1 saturated heterocycles. The van der Waals surface area contributed by atoms with E-state index < -0.39 is 5.97 Å². The summed E-state index contributed by atoms with van der Waals surface area (Å²) in [5, 5.41) is 11.1. The van der Waals surface area contributed by atoms with Crippen LogP contribution in [0.15, 0.2) is 12.2 Å². The molecule has 0 spiro atoms. The van der Waals surface area contributed by atoms with Crippen molar-refractivity contribution in [2.45, 2.75) is 18.9 Å². The summed E-state index contributed by atoms with van der Waals surface area (Å²) in [5.41, 5.74) is 5.63. The van der Waals surface area contributed by atoms with Gasteiger partial charge in [-0.05, 0) is 12.8 Å². The number of carbonyl (C=O) groups excluding carboxylic acids is 1. The Kier molecular flexibility index (Phi) is 3.64. The molecule has 5 nitrogen and oxygen atoms in total. The molecule has 0 aromatic carbocycles. The van der Waals surface area contributed by atoms with Crippen molar-refractivity contribution in [1.82, 2.24) is 5.32 Å². The fourth-order valence-corrected chi connectivity index (χ4v) is 1.48. The lowest BCUT2D eigenvalue weighted by atomic mass is 9.99. The molecule has 1 aliphatic heterocycles. The third-order valence-corrected chi connectivity index (χ3v) is 2.21. The Morgan fingerprint density at radius 3 is 3.00 bits per heavy atom. The maximum Gasteiger partial charge on any atom is 0.328 e. The van der Waals surface area contributed by atoms with E-state index in [4.69, 9.17) is 10.8 Å². The van der Waals surface area contributed by atoms with Gasteiger partial charge in [-0.2, -0.15) is 0 Å². The summed E-state index contributed by atoms with van der Waals surface area (Å²) in [7, 11) is 0. The first kappa shape index (κ1) is 10.7. The molecule has 1 aliphatic rings. The van der Waals surface area contributed by atoms with Crippen molar-refractivity contribution >= 4 is 11.9 Å². The van der Waals surface area contributed by atoms with E-state index in [1.807, 2.05) is 0 Å². The van der Waals surface area contributed by atoms with Crippen molar-refractivity contribution in [1.29, 1.82) is 0 Å². The maximum atomic E-state index is 11.1. The average Bonchev–Trinajstić information content (AvgIpc) is 2.49. The fraction of sp³-hybridized carbons (Fsp3) is 0.556. The van der Waals surface area contributed by atoms with Crippen LogP contribution in [0.3, 0.4) is 0 Å². The number of rotatable bonds is 4. The number of nitrogens with one attached hydrogen (secondary N) is 1. The third kappa shape index (κ3) is 3.18. The third-order valence-electron chi connectivity index (χ3n) is 2.21. The van der Waals surface area contributed by atoms with Crippen molar-refractivity contribution in [2.24, 2.45) is 11.7 Å². The van der Waals surface area contributed by atoms with E-state index in [9.17, 15) is 9.59 Å². The summed E-state index contributed by atoms with van der Waals surface area (Å²) in [6.07, 6.45) is 3.72. The SMILES string of the molecule is NC(/C=C/C(=O)O)CC1CCNC1=O. The summed E-state index contributed by atoms with van der Waals surface area (Å²) in [5.74, 6) is -1.07. The molecule has 5 heteroatoms. The second-order valence-corrected chi connectivity index (χ2v) is 3.37. The highest BCUT2D eigenvalue weighted by molar-refractivity contribution is 5.81. The minimum Gasteiger partial charge on any atom is -0.478 e. The highest BCUT2D eigenvalue weighted by Gasteiger charge is 2.25. The minimum atomic E-state index is -1.02. The van der Waals surface area contributed by atoms with Gasteiger partial charge in [-0.1, -0.05) is 6.08 Å². The predicted octanol–water partition coefficient (Wildman–Crippen LogP) is -0.519. The predicted molar refractivity (Wildman–Crippen MR) is 50.5 cm³/mol. The normalized spacial score (nSPS) is 23.8. The Labute approximate surface area is 82.0 Å². The Morgan fingerprint density at radius 2 is 2.50 bits per heavy atom. The van der Waals surface area contributed by atoms with Gasteiger partial charge in [-0.15, -0.1) is 0 Å². The highest BCUT2D eigenvalue weighted by Crippen LogP contribution is 2.15. The first-order chi connectivity index (χ1) is 6.59. The summed E-state index contributed by atoms with van der Waals surface area (Å²) in [4.78, 5) is 21.3.